The Morgan fingerprint density at radius 2 is 2.14 bits per heavy atom. The minimum Gasteiger partial charge on any atom is -0.340 e. The Morgan fingerprint density at radius 3 is 2.86 bits per heavy atom. The number of nitrogens with zero attached hydrogens (tertiary/aromatic N) is 3. The predicted molar refractivity (Wildman–Crippen MR) is 81.3 cm³/mol. The van der Waals surface area contributed by atoms with Crippen molar-refractivity contribution >= 4 is 5.91 Å². The summed E-state index contributed by atoms with van der Waals surface area (Å²) < 4.78 is 14.6. The summed E-state index contributed by atoms with van der Waals surface area (Å²) in [6.45, 7) is 4.37. The highest BCUT2D eigenvalue weighted by Crippen LogP contribution is 2.10. The Morgan fingerprint density at radius 1 is 1.36 bits per heavy atom. The summed E-state index contributed by atoms with van der Waals surface area (Å²) in [7, 11) is 0. The largest absolute Gasteiger partial charge is 0.340 e. The summed E-state index contributed by atoms with van der Waals surface area (Å²) in [5.74, 6) is -0.183. The molecule has 5 nitrogen and oxygen atoms in total. The molecule has 0 radical (unpaired) electrons. The van der Waals surface area contributed by atoms with Crippen molar-refractivity contribution in [2.24, 2.45) is 0 Å². The molecule has 22 heavy (non-hydrogen) atoms. The molecule has 1 aliphatic heterocycles. The molecule has 3 rings (SSSR count). The van der Waals surface area contributed by atoms with Gasteiger partial charge >= 0.3 is 0 Å². The fourth-order valence-electron chi connectivity index (χ4n) is 2.62. The van der Waals surface area contributed by atoms with E-state index < -0.39 is 0 Å². The van der Waals surface area contributed by atoms with Gasteiger partial charge in [-0.2, -0.15) is 5.10 Å². The maximum atomic E-state index is 12.9. The predicted octanol–water partition coefficient (Wildman–Crippen LogP) is 1.37. The van der Waals surface area contributed by atoms with Gasteiger partial charge in [0, 0.05) is 31.9 Å². The van der Waals surface area contributed by atoms with E-state index in [1.165, 1.54) is 12.1 Å². The van der Waals surface area contributed by atoms with Gasteiger partial charge in [-0.3, -0.25) is 4.79 Å². The molecule has 116 valence electrons. The first-order chi connectivity index (χ1) is 10.6. The van der Waals surface area contributed by atoms with Crippen molar-refractivity contribution in [2.45, 2.75) is 19.4 Å². The lowest BCUT2D eigenvalue weighted by molar-refractivity contribution is -0.131. The zero-order chi connectivity index (χ0) is 15.5. The number of hydrogen-bond donors (Lipinski definition) is 1. The van der Waals surface area contributed by atoms with Gasteiger partial charge in [-0.25, -0.2) is 9.07 Å². The van der Waals surface area contributed by atoms with Crippen LogP contribution in [-0.2, 0) is 11.2 Å². The Labute approximate surface area is 128 Å². The van der Waals surface area contributed by atoms with Crippen LogP contribution >= 0.6 is 0 Å². The van der Waals surface area contributed by atoms with Gasteiger partial charge in [0.25, 0.3) is 0 Å². The van der Waals surface area contributed by atoms with Gasteiger partial charge in [0.05, 0.1) is 17.8 Å². The number of carbonyl (C=O) groups excluding carboxylic acids is 1. The molecule has 1 aromatic carbocycles. The second-order valence-corrected chi connectivity index (χ2v) is 5.60. The van der Waals surface area contributed by atoms with Crippen LogP contribution in [0.5, 0.6) is 0 Å². The first-order valence-electron chi connectivity index (χ1n) is 7.43. The third-order valence-corrected chi connectivity index (χ3v) is 3.79. The van der Waals surface area contributed by atoms with E-state index in [1.807, 2.05) is 11.0 Å². The van der Waals surface area contributed by atoms with Gasteiger partial charge in [-0.05, 0) is 37.3 Å². The monoisotopic (exact) mass is 302 g/mol. The Bertz CT molecular complexity index is 652. The van der Waals surface area contributed by atoms with E-state index in [2.05, 4.69) is 17.3 Å². The molecule has 1 N–H and O–H groups in total. The van der Waals surface area contributed by atoms with E-state index in [0.717, 1.165) is 31.0 Å². The van der Waals surface area contributed by atoms with E-state index in [-0.39, 0.29) is 11.7 Å². The molecule has 0 aliphatic carbocycles. The van der Waals surface area contributed by atoms with Crippen LogP contribution in [0.3, 0.4) is 0 Å². The second kappa shape index (κ2) is 6.27. The fraction of sp³-hybridized carbons (Fsp3) is 0.375. The fourth-order valence-corrected chi connectivity index (χ4v) is 2.62. The summed E-state index contributed by atoms with van der Waals surface area (Å²) >= 11 is 0. The molecular weight excluding hydrogens is 283 g/mol. The molecule has 0 saturated carbocycles. The molecule has 1 amide bonds. The van der Waals surface area contributed by atoms with E-state index in [9.17, 15) is 9.18 Å². The van der Waals surface area contributed by atoms with E-state index in [1.54, 1.807) is 23.0 Å². The molecule has 0 bridgehead atoms. The van der Waals surface area contributed by atoms with Gasteiger partial charge < -0.3 is 10.2 Å². The van der Waals surface area contributed by atoms with Crippen molar-refractivity contribution < 1.29 is 9.18 Å². The Balaban J connectivity index is 1.66. The maximum absolute atomic E-state index is 12.9. The normalized spacial score (nSPS) is 18.5. The molecular formula is C16H19FN4O. The first kappa shape index (κ1) is 14.7. The van der Waals surface area contributed by atoms with Gasteiger partial charge in [0.15, 0.2) is 0 Å². The zero-order valence-corrected chi connectivity index (χ0v) is 12.5. The lowest BCUT2D eigenvalue weighted by Gasteiger charge is -2.31. The molecule has 1 aliphatic rings. The molecule has 0 spiro atoms. The third kappa shape index (κ3) is 3.33. The van der Waals surface area contributed by atoms with Gasteiger partial charge in [0.2, 0.25) is 5.91 Å². The van der Waals surface area contributed by atoms with Crippen molar-refractivity contribution in [3.63, 3.8) is 0 Å². The van der Waals surface area contributed by atoms with Crippen molar-refractivity contribution in [2.75, 3.05) is 19.6 Å². The number of benzene rings is 1. The number of rotatable bonds is 3. The van der Waals surface area contributed by atoms with Gasteiger partial charge in [-0.15, -0.1) is 0 Å². The highest BCUT2D eigenvalue weighted by atomic mass is 19.1. The lowest BCUT2D eigenvalue weighted by atomic mass is 10.2. The summed E-state index contributed by atoms with van der Waals surface area (Å²) in [5.41, 5.74) is 1.50. The number of amides is 1. The minimum absolute atomic E-state index is 0.0951. The number of carbonyl (C=O) groups is 1. The van der Waals surface area contributed by atoms with Crippen LogP contribution in [0.15, 0.2) is 36.5 Å². The third-order valence-electron chi connectivity index (χ3n) is 3.79. The molecule has 2 heterocycles. The number of aromatic nitrogens is 2. The molecule has 1 atom stereocenters. The number of halogens is 1. The molecule has 2 aromatic rings. The summed E-state index contributed by atoms with van der Waals surface area (Å²) in [4.78, 5) is 14.2. The highest BCUT2D eigenvalue weighted by Gasteiger charge is 2.21. The van der Waals surface area contributed by atoms with Crippen LogP contribution in [-0.4, -0.2) is 46.3 Å². The standard InChI is InChI=1S/C16H19FN4O/c1-12-11-20(9-7-18-12)16(22)10-14-6-8-21(19-14)15-4-2-13(17)3-5-15/h2-6,8,12,18H,7,9-11H2,1H3. The quantitative estimate of drug-likeness (QED) is 0.932. The summed E-state index contributed by atoms with van der Waals surface area (Å²) in [6.07, 6.45) is 2.08. The van der Waals surface area contributed by atoms with Crippen LogP contribution in [0.1, 0.15) is 12.6 Å². The van der Waals surface area contributed by atoms with Gasteiger partial charge in [0.1, 0.15) is 5.82 Å². The Hall–Kier alpha value is -2.21. The molecule has 6 heteroatoms. The van der Waals surface area contributed by atoms with Crippen LogP contribution in [0.2, 0.25) is 0 Å². The Kier molecular flexibility index (Phi) is 4.20. The van der Waals surface area contributed by atoms with E-state index >= 15 is 0 Å². The van der Waals surface area contributed by atoms with Crippen LogP contribution < -0.4 is 5.32 Å². The minimum atomic E-state index is -0.279. The van der Waals surface area contributed by atoms with E-state index in [4.69, 9.17) is 0 Å². The highest BCUT2D eigenvalue weighted by molar-refractivity contribution is 5.78. The number of hydrogen-bond acceptors (Lipinski definition) is 3. The molecule has 1 fully saturated rings. The molecule has 1 unspecified atom stereocenters. The van der Waals surface area contributed by atoms with Crippen LogP contribution in [0.25, 0.3) is 5.69 Å². The van der Waals surface area contributed by atoms with Crippen molar-refractivity contribution in [1.29, 1.82) is 0 Å². The zero-order valence-electron chi connectivity index (χ0n) is 12.5. The topological polar surface area (TPSA) is 50.2 Å². The molecule has 1 aromatic heterocycles. The average Bonchev–Trinajstić information content (AvgIpc) is 2.96. The first-order valence-corrected chi connectivity index (χ1v) is 7.43. The maximum Gasteiger partial charge on any atom is 0.228 e. The molecule has 1 saturated heterocycles. The second-order valence-electron chi connectivity index (χ2n) is 5.60. The van der Waals surface area contributed by atoms with Gasteiger partial charge in [-0.1, -0.05) is 0 Å². The summed E-state index contributed by atoms with van der Waals surface area (Å²) in [6, 6.07) is 8.26. The number of nitrogens with one attached hydrogen (secondary N) is 1. The number of piperazine rings is 1. The van der Waals surface area contributed by atoms with E-state index in [0.29, 0.717) is 12.5 Å². The lowest BCUT2D eigenvalue weighted by Crippen LogP contribution is -2.51. The summed E-state index contributed by atoms with van der Waals surface area (Å²) in [5, 5.41) is 7.71. The van der Waals surface area contributed by atoms with Crippen LogP contribution in [0.4, 0.5) is 4.39 Å². The van der Waals surface area contributed by atoms with Crippen LogP contribution in [0, 0.1) is 5.82 Å². The van der Waals surface area contributed by atoms with Crippen molar-refractivity contribution in [3.05, 3.63) is 48.0 Å². The SMILES string of the molecule is CC1CN(C(=O)Cc2ccn(-c3ccc(F)cc3)n2)CCN1. The average molecular weight is 302 g/mol. The van der Waals surface area contributed by atoms with Crippen molar-refractivity contribution in [3.8, 4) is 5.69 Å². The smallest absolute Gasteiger partial charge is 0.228 e. The van der Waals surface area contributed by atoms with Crippen molar-refractivity contribution in [1.82, 2.24) is 20.0 Å².